The van der Waals surface area contributed by atoms with Crippen molar-refractivity contribution in [3.63, 3.8) is 0 Å². The predicted molar refractivity (Wildman–Crippen MR) is 137 cm³/mol. The molecule has 0 bridgehead atoms. The van der Waals surface area contributed by atoms with Gasteiger partial charge in [-0.05, 0) is 24.0 Å². The third-order valence-electron chi connectivity index (χ3n) is 4.84. The number of nitrogens with one attached hydrogen (secondary N) is 4. The van der Waals surface area contributed by atoms with Crippen LogP contribution in [-0.4, -0.2) is 61.3 Å². The van der Waals surface area contributed by atoms with Crippen molar-refractivity contribution >= 4 is 46.2 Å². The summed E-state index contributed by atoms with van der Waals surface area (Å²) in [7, 11) is 2.70. The van der Waals surface area contributed by atoms with Crippen LogP contribution in [0.25, 0.3) is 0 Å². The molecule has 0 fully saturated rings. The lowest BCUT2D eigenvalue weighted by Crippen LogP contribution is -2.46. The van der Waals surface area contributed by atoms with Crippen LogP contribution >= 0.6 is 21.6 Å². The number of hydrogen-bond acceptors (Lipinski definition) is 6. The zero-order valence-electron chi connectivity index (χ0n) is 18.8. The number of benzene rings is 2. The number of carbonyl (C=O) groups excluding carboxylic acids is 4. The Kier molecular flexibility index (Phi) is 13.3. The Morgan fingerprint density at radius 2 is 1.06 bits per heavy atom. The Bertz CT molecular complexity index is 814. The predicted octanol–water partition coefficient (Wildman–Crippen LogP) is 1.31. The molecule has 2 unspecified atom stereocenters. The van der Waals surface area contributed by atoms with Gasteiger partial charge in [0.2, 0.25) is 24.6 Å². The van der Waals surface area contributed by atoms with E-state index in [1.807, 2.05) is 60.7 Å². The number of hydrogen-bond donors (Lipinski definition) is 4. The highest BCUT2D eigenvalue weighted by Crippen LogP contribution is 2.23. The van der Waals surface area contributed by atoms with Crippen molar-refractivity contribution in [3.05, 3.63) is 71.8 Å². The van der Waals surface area contributed by atoms with Gasteiger partial charge in [0.25, 0.3) is 0 Å². The summed E-state index contributed by atoms with van der Waals surface area (Å²) in [5, 5.41) is 10.7. The Morgan fingerprint density at radius 1 is 0.676 bits per heavy atom. The number of amides is 4. The molecule has 2 atom stereocenters. The quantitative estimate of drug-likeness (QED) is 0.147. The van der Waals surface area contributed by atoms with E-state index in [2.05, 4.69) is 21.3 Å². The minimum absolute atomic E-state index is 0.266. The van der Waals surface area contributed by atoms with Gasteiger partial charge in [-0.15, -0.1) is 0 Å². The minimum atomic E-state index is -0.692. The molecule has 0 saturated carbocycles. The molecule has 0 saturated heterocycles. The highest BCUT2D eigenvalue weighted by Gasteiger charge is 2.20. The van der Waals surface area contributed by atoms with E-state index in [1.165, 1.54) is 21.6 Å². The summed E-state index contributed by atoms with van der Waals surface area (Å²) in [6, 6.07) is 18.2. The summed E-state index contributed by atoms with van der Waals surface area (Å²) in [6.45, 7) is 0.929. The highest BCUT2D eigenvalue weighted by molar-refractivity contribution is 8.76. The molecule has 2 aromatic rings. The zero-order valence-corrected chi connectivity index (χ0v) is 20.4. The Morgan fingerprint density at radius 3 is 1.41 bits per heavy atom. The van der Waals surface area contributed by atoms with E-state index in [9.17, 15) is 19.2 Å². The van der Waals surface area contributed by atoms with Crippen LogP contribution in [0.3, 0.4) is 0 Å². The molecule has 4 N–H and O–H groups in total. The lowest BCUT2D eigenvalue weighted by molar-refractivity contribution is -0.124. The molecule has 182 valence electrons. The minimum Gasteiger partial charge on any atom is -0.354 e. The normalized spacial score (nSPS) is 12.1. The van der Waals surface area contributed by atoms with Gasteiger partial charge < -0.3 is 21.3 Å². The van der Waals surface area contributed by atoms with Crippen molar-refractivity contribution in [2.24, 2.45) is 0 Å². The van der Waals surface area contributed by atoms with Gasteiger partial charge in [0, 0.05) is 24.6 Å². The van der Waals surface area contributed by atoms with Crippen molar-refractivity contribution in [1.29, 1.82) is 0 Å². The zero-order chi connectivity index (χ0) is 24.4. The topological polar surface area (TPSA) is 116 Å². The summed E-state index contributed by atoms with van der Waals surface area (Å²) in [6.07, 6.45) is 2.40. The maximum atomic E-state index is 12.4. The molecule has 2 aromatic carbocycles. The van der Waals surface area contributed by atoms with Crippen molar-refractivity contribution < 1.29 is 19.2 Å². The maximum absolute atomic E-state index is 12.4. The molecule has 0 aromatic heterocycles. The van der Waals surface area contributed by atoms with Crippen LogP contribution in [-0.2, 0) is 32.0 Å². The first-order chi connectivity index (χ1) is 16.6. The monoisotopic (exact) mass is 502 g/mol. The fraction of sp³-hybridized carbons (Fsp3) is 0.333. The fourth-order valence-electron chi connectivity index (χ4n) is 2.99. The molecule has 8 nitrogen and oxygen atoms in total. The molecule has 0 aliphatic heterocycles. The van der Waals surface area contributed by atoms with Crippen molar-refractivity contribution in [3.8, 4) is 0 Å². The van der Waals surface area contributed by atoms with Crippen molar-refractivity contribution in [2.45, 2.75) is 24.9 Å². The number of rotatable bonds is 17. The third kappa shape index (κ3) is 10.8. The van der Waals surface area contributed by atoms with Crippen LogP contribution in [0, 0.1) is 0 Å². The first kappa shape index (κ1) is 27.3. The van der Waals surface area contributed by atoms with Gasteiger partial charge >= 0.3 is 0 Å². The summed E-state index contributed by atoms with van der Waals surface area (Å²) in [5.41, 5.74) is 2.23. The van der Waals surface area contributed by atoms with Crippen LogP contribution in [0.1, 0.15) is 11.1 Å². The molecule has 2 rings (SSSR count). The van der Waals surface area contributed by atoms with Crippen LogP contribution in [0.2, 0.25) is 0 Å². The van der Waals surface area contributed by atoms with E-state index >= 15 is 0 Å². The molecule has 0 spiro atoms. The van der Waals surface area contributed by atoms with E-state index in [4.69, 9.17) is 0 Å². The average Bonchev–Trinajstić information content (AvgIpc) is 2.86. The standard InChI is InChI=1S/C24H30N4O4S2/c29-17-27-21(23(31)25-13-11-19-7-3-1-4-8-19)15-33-34-16-22(28-18-30)24(32)26-14-12-20-9-5-2-6-10-20/h1-10,17-18,21-22H,11-16H2,(H,25,31)(H,26,32)(H,27,29)(H,28,30). The second-order valence-corrected chi connectivity index (χ2v) is 9.85. The Hall–Kier alpha value is -2.98. The first-order valence-electron chi connectivity index (χ1n) is 10.9. The fourth-order valence-corrected chi connectivity index (χ4v) is 5.35. The second-order valence-electron chi connectivity index (χ2n) is 7.30. The molecule has 0 heterocycles. The van der Waals surface area contributed by atoms with Gasteiger partial charge in [-0.25, -0.2) is 0 Å². The lowest BCUT2D eigenvalue weighted by Gasteiger charge is -2.17. The third-order valence-corrected chi connectivity index (χ3v) is 7.26. The van der Waals surface area contributed by atoms with Gasteiger partial charge in [-0.3, -0.25) is 19.2 Å². The molecule has 0 radical (unpaired) electrons. The van der Waals surface area contributed by atoms with Gasteiger partial charge in [0.1, 0.15) is 12.1 Å². The SMILES string of the molecule is O=CNC(CSSCC(NC=O)C(=O)NCCc1ccccc1)C(=O)NCCc1ccccc1. The van der Waals surface area contributed by atoms with Gasteiger partial charge in [0.05, 0.1) is 0 Å². The Labute approximate surface area is 207 Å². The van der Waals surface area contributed by atoms with E-state index in [0.717, 1.165) is 11.1 Å². The first-order valence-corrected chi connectivity index (χ1v) is 13.4. The van der Waals surface area contributed by atoms with Gasteiger partial charge in [0.15, 0.2) is 0 Å². The second kappa shape index (κ2) is 16.6. The summed E-state index contributed by atoms with van der Waals surface area (Å²) >= 11 is 0. The Balaban J connectivity index is 1.70. The smallest absolute Gasteiger partial charge is 0.243 e. The number of carbonyl (C=O) groups is 4. The molecule has 0 aliphatic carbocycles. The molecular weight excluding hydrogens is 472 g/mol. The molecule has 34 heavy (non-hydrogen) atoms. The molecule has 10 heteroatoms. The summed E-state index contributed by atoms with van der Waals surface area (Å²) in [4.78, 5) is 46.7. The van der Waals surface area contributed by atoms with Crippen molar-refractivity contribution in [1.82, 2.24) is 21.3 Å². The van der Waals surface area contributed by atoms with Crippen molar-refractivity contribution in [2.75, 3.05) is 24.6 Å². The summed E-state index contributed by atoms with van der Waals surface area (Å²) < 4.78 is 0. The van der Waals surface area contributed by atoms with E-state index in [0.29, 0.717) is 50.3 Å². The molecule has 4 amide bonds. The van der Waals surface area contributed by atoms with E-state index < -0.39 is 12.1 Å². The van der Waals surface area contributed by atoms with E-state index in [1.54, 1.807) is 0 Å². The largest absolute Gasteiger partial charge is 0.354 e. The summed E-state index contributed by atoms with van der Waals surface area (Å²) in [5.74, 6) is 0.114. The van der Waals surface area contributed by atoms with Crippen LogP contribution in [0.5, 0.6) is 0 Å². The van der Waals surface area contributed by atoms with Crippen LogP contribution in [0.15, 0.2) is 60.7 Å². The molecule has 0 aliphatic rings. The van der Waals surface area contributed by atoms with Gasteiger partial charge in [-0.1, -0.05) is 82.3 Å². The highest BCUT2D eigenvalue weighted by atomic mass is 33.1. The average molecular weight is 503 g/mol. The maximum Gasteiger partial charge on any atom is 0.243 e. The van der Waals surface area contributed by atoms with Gasteiger partial charge in [-0.2, -0.15) is 0 Å². The van der Waals surface area contributed by atoms with Crippen LogP contribution < -0.4 is 21.3 Å². The lowest BCUT2D eigenvalue weighted by atomic mass is 10.1. The van der Waals surface area contributed by atoms with E-state index in [-0.39, 0.29) is 11.8 Å². The van der Waals surface area contributed by atoms with Crippen LogP contribution in [0.4, 0.5) is 0 Å². The molecular formula is C24H30N4O4S2.